The summed E-state index contributed by atoms with van der Waals surface area (Å²) in [5.74, 6) is -1.59. The van der Waals surface area contributed by atoms with Crippen molar-refractivity contribution >= 4 is 23.2 Å². The molecule has 156 valence electrons. The number of hydrogen-bond acceptors (Lipinski definition) is 3. The Morgan fingerprint density at radius 2 is 1.28 bits per heavy atom. The first-order chi connectivity index (χ1) is 13.4. The molecule has 5 nitrogen and oxygen atoms in total. The number of methoxy groups -OCH3 is 1. The molecule has 0 aliphatic rings. The number of hydrogen-bond donors (Lipinski definition) is 2. The molecule has 2 rings (SSSR count). The lowest BCUT2D eigenvalue weighted by Gasteiger charge is -2.14. The van der Waals surface area contributed by atoms with Gasteiger partial charge in [0.05, 0.1) is 11.1 Å². The van der Waals surface area contributed by atoms with Crippen molar-refractivity contribution in [2.75, 3.05) is 24.4 Å². The zero-order chi connectivity index (χ0) is 21.8. The first kappa shape index (κ1) is 22.2. The van der Waals surface area contributed by atoms with Crippen molar-refractivity contribution in [1.82, 2.24) is 0 Å². The van der Waals surface area contributed by atoms with Crippen LogP contribution in [-0.4, -0.2) is 25.5 Å². The van der Waals surface area contributed by atoms with Gasteiger partial charge in [0.2, 0.25) is 5.91 Å². The highest BCUT2D eigenvalue weighted by Gasteiger charge is 2.37. The molecule has 0 aliphatic heterocycles. The highest BCUT2D eigenvalue weighted by molar-refractivity contribution is 6.04. The summed E-state index contributed by atoms with van der Waals surface area (Å²) in [7, 11) is 1.33. The number of halogens is 6. The predicted molar refractivity (Wildman–Crippen MR) is 91.3 cm³/mol. The third kappa shape index (κ3) is 6.21. The van der Waals surface area contributed by atoms with Gasteiger partial charge in [0.1, 0.15) is 6.61 Å². The minimum atomic E-state index is -5.06. The second kappa shape index (κ2) is 8.52. The van der Waals surface area contributed by atoms with Gasteiger partial charge in [0.15, 0.2) is 0 Å². The largest absolute Gasteiger partial charge is 0.416 e. The highest BCUT2D eigenvalue weighted by atomic mass is 19.4. The molecule has 0 bridgehead atoms. The average Bonchev–Trinajstić information content (AvgIpc) is 2.61. The molecule has 0 aliphatic carbocycles. The van der Waals surface area contributed by atoms with Crippen molar-refractivity contribution in [2.45, 2.75) is 12.4 Å². The maximum absolute atomic E-state index is 12.9. The summed E-state index contributed by atoms with van der Waals surface area (Å²) in [5.41, 5.74) is -3.53. The van der Waals surface area contributed by atoms with Gasteiger partial charge in [0, 0.05) is 24.0 Å². The smallest absolute Gasteiger partial charge is 0.375 e. The molecular weight excluding hydrogens is 406 g/mol. The Bertz CT molecular complexity index is 860. The van der Waals surface area contributed by atoms with Crippen molar-refractivity contribution in [3.8, 4) is 0 Å². The van der Waals surface area contributed by atoms with E-state index >= 15 is 0 Å². The van der Waals surface area contributed by atoms with Gasteiger partial charge in [-0.3, -0.25) is 9.59 Å². The Hall–Kier alpha value is -3.08. The van der Waals surface area contributed by atoms with E-state index in [-0.39, 0.29) is 18.4 Å². The topological polar surface area (TPSA) is 67.4 Å². The molecule has 0 atom stereocenters. The van der Waals surface area contributed by atoms with E-state index in [0.29, 0.717) is 17.8 Å². The van der Waals surface area contributed by atoms with Gasteiger partial charge in [0.25, 0.3) is 5.91 Å². The van der Waals surface area contributed by atoms with Crippen LogP contribution in [0.25, 0.3) is 0 Å². The van der Waals surface area contributed by atoms with Crippen LogP contribution >= 0.6 is 0 Å². The Balaban J connectivity index is 2.23. The van der Waals surface area contributed by atoms with Crippen molar-refractivity contribution in [1.29, 1.82) is 0 Å². The minimum Gasteiger partial charge on any atom is -0.375 e. The summed E-state index contributed by atoms with van der Waals surface area (Å²) in [6, 6.07) is 6.02. The van der Waals surface area contributed by atoms with Crippen LogP contribution in [-0.2, 0) is 21.9 Å². The first-order valence-electron chi connectivity index (χ1n) is 7.90. The third-order valence-electron chi connectivity index (χ3n) is 3.55. The number of rotatable bonds is 5. The molecule has 0 aromatic heterocycles. The number of nitrogens with one attached hydrogen (secondary N) is 2. The number of carbonyl (C=O) groups excluding carboxylic acids is 2. The Labute approximate surface area is 160 Å². The second-order valence-corrected chi connectivity index (χ2v) is 5.81. The normalized spacial score (nSPS) is 11.8. The number of amides is 2. The van der Waals surface area contributed by atoms with E-state index in [4.69, 9.17) is 0 Å². The van der Waals surface area contributed by atoms with E-state index in [0.717, 1.165) is 0 Å². The van der Waals surface area contributed by atoms with Crippen LogP contribution in [0.2, 0.25) is 0 Å². The van der Waals surface area contributed by atoms with Gasteiger partial charge in [-0.1, -0.05) is 0 Å². The van der Waals surface area contributed by atoms with Crippen LogP contribution in [0.5, 0.6) is 0 Å². The molecular formula is C18H14F6N2O3. The van der Waals surface area contributed by atoms with Crippen LogP contribution in [0.3, 0.4) is 0 Å². The maximum Gasteiger partial charge on any atom is 0.416 e. The van der Waals surface area contributed by atoms with E-state index < -0.39 is 40.9 Å². The number of benzene rings is 2. The SMILES string of the molecule is COCC(=O)Nc1ccc(NC(=O)c2cc(C(F)(F)F)cc(C(F)(F)F)c2)cc1. The number of carbonyl (C=O) groups is 2. The summed E-state index contributed by atoms with van der Waals surface area (Å²) in [4.78, 5) is 23.6. The lowest BCUT2D eigenvalue weighted by Crippen LogP contribution is -2.18. The van der Waals surface area contributed by atoms with Crippen LogP contribution in [0.1, 0.15) is 21.5 Å². The zero-order valence-electron chi connectivity index (χ0n) is 14.7. The highest BCUT2D eigenvalue weighted by Crippen LogP contribution is 2.36. The van der Waals surface area contributed by atoms with Gasteiger partial charge < -0.3 is 15.4 Å². The Kier molecular flexibility index (Phi) is 6.52. The molecule has 0 saturated carbocycles. The molecule has 0 radical (unpaired) electrons. The Morgan fingerprint density at radius 3 is 1.69 bits per heavy atom. The molecule has 29 heavy (non-hydrogen) atoms. The fraction of sp³-hybridized carbons (Fsp3) is 0.222. The molecule has 11 heteroatoms. The zero-order valence-corrected chi connectivity index (χ0v) is 14.7. The molecule has 0 unspecified atom stereocenters. The molecule has 0 saturated heterocycles. The lowest BCUT2D eigenvalue weighted by atomic mass is 10.0. The minimum absolute atomic E-state index is 0.0612. The van der Waals surface area contributed by atoms with Gasteiger partial charge in [-0.15, -0.1) is 0 Å². The molecule has 2 N–H and O–H groups in total. The van der Waals surface area contributed by atoms with Gasteiger partial charge in [-0.25, -0.2) is 0 Å². The molecule has 2 aromatic carbocycles. The van der Waals surface area contributed by atoms with Crippen molar-refractivity contribution in [3.05, 3.63) is 59.2 Å². The summed E-state index contributed by atoms with van der Waals surface area (Å²) in [5, 5.41) is 4.69. The number of ether oxygens (including phenoxy) is 1. The Morgan fingerprint density at radius 1 is 0.828 bits per heavy atom. The van der Waals surface area contributed by atoms with Gasteiger partial charge in [-0.2, -0.15) is 26.3 Å². The molecule has 2 aromatic rings. The first-order valence-corrected chi connectivity index (χ1v) is 7.90. The van der Waals surface area contributed by atoms with Gasteiger partial charge >= 0.3 is 12.4 Å². The quantitative estimate of drug-likeness (QED) is 0.697. The van der Waals surface area contributed by atoms with Crippen molar-refractivity contribution in [3.63, 3.8) is 0 Å². The van der Waals surface area contributed by atoms with Crippen LogP contribution in [0.4, 0.5) is 37.7 Å². The van der Waals surface area contributed by atoms with E-state index in [2.05, 4.69) is 15.4 Å². The van der Waals surface area contributed by atoms with E-state index in [1.165, 1.54) is 31.4 Å². The van der Waals surface area contributed by atoms with Crippen LogP contribution in [0, 0.1) is 0 Å². The number of alkyl halides is 6. The second-order valence-electron chi connectivity index (χ2n) is 5.81. The maximum atomic E-state index is 12.9. The number of anilines is 2. The van der Waals surface area contributed by atoms with E-state index in [9.17, 15) is 35.9 Å². The summed E-state index contributed by atoms with van der Waals surface area (Å²) in [6.45, 7) is -0.185. The predicted octanol–water partition coefficient (Wildman–Crippen LogP) is 4.56. The monoisotopic (exact) mass is 420 g/mol. The van der Waals surface area contributed by atoms with Crippen molar-refractivity contribution in [2.24, 2.45) is 0 Å². The molecule has 2 amide bonds. The van der Waals surface area contributed by atoms with Gasteiger partial charge in [-0.05, 0) is 42.5 Å². The van der Waals surface area contributed by atoms with Crippen LogP contribution in [0.15, 0.2) is 42.5 Å². The average molecular weight is 420 g/mol. The van der Waals surface area contributed by atoms with Crippen molar-refractivity contribution < 1.29 is 40.7 Å². The molecule has 0 spiro atoms. The summed E-state index contributed by atoms with van der Waals surface area (Å²) >= 11 is 0. The third-order valence-corrected chi connectivity index (χ3v) is 3.55. The fourth-order valence-corrected chi connectivity index (χ4v) is 2.25. The summed E-state index contributed by atoms with van der Waals surface area (Å²) in [6.07, 6.45) is -10.1. The van der Waals surface area contributed by atoms with Crippen LogP contribution < -0.4 is 10.6 Å². The molecule has 0 heterocycles. The lowest BCUT2D eigenvalue weighted by molar-refractivity contribution is -0.143. The van der Waals surface area contributed by atoms with E-state index in [1.54, 1.807) is 0 Å². The van der Waals surface area contributed by atoms with E-state index in [1.807, 2.05) is 0 Å². The molecule has 0 fully saturated rings. The standard InChI is InChI=1S/C18H14F6N2O3/c1-29-9-15(27)25-13-2-4-14(5-3-13)26-16(28)10-6-11(17(19,20)21)8-12(7-10)18(22,23)24/h2-8H,9H2,1H3,(H,25,27)(H,26,28). The fourth-order valence-electron chi connectivity index (χ4n) is 2.25. The summed E-state index contributed by atoms with van der Waals surface area (Å²) < 4.78 is 82.0.